The fourth-order valence-electron chi connectivity index (χ4n) is 1.74. The van der Waals surface area contributed by atoms with E-state index in [1.54, 1.807) is 0 Å². The van der Waals surface area contributed by atoms with Crippen molar-refractivity contribution in [2.75, 3.05) is 7.05 Å². The summed E-state index contributed by atoms with van der Waals surface area (Å²) in [4.78, 5) is 4.20. The lowest BCUT2D eigenvalue weighted by molar-refractivity contribution is 0.818. The summed E-state index contributed by atoms with van der Waals surface area (Å²) in [7, 11) is 1.96. The van der Waals surface area contributed by atoms with Crippen molar-refractivity contribution in [2.24, 2.45) is 0 Å². The first-order valence-corrected chi connectivity index (χ1v) is 5.46. The van der Waals surface area contributed by atoms with Crippen LogP contribution in [-0.4, -0.2) is 12.0 Å². The molecule has 0 saturated carbocycles. The number of nitrogens with zero attached hydrogens (tertiary/aromatic N) is 1. The number of nitrogens with one attached hydrogen (secondary N) is 1. The molecule has 0 radical (unpaired) electrons. The normalized spacial score (nSPS) is 10.4. The molecule has 0 spiro atoms. The first kappa shape index (κ1) is 10.8. The Labute approximate surface area is 96.4 Å². The molecule has 0 aliphatic carbocycles. The van der Waals surface area contributed by atoms with Crippen molar-refractivity contribution < 1.29 is 0 Å². The molecule has 16 heavy (non-hydrogen) atoms. The van der Waals surface area contributed by atoms with Crippen molar-refractivity contribution in [3.8, 4) is 11.1 Å². The summed E-state index contributed by atoms with van der Waals surface area (Å²) in [6, 6.07) is 12.8. The minimum absolute atomic E-state index is 0.912. The van der Waals surface area contributed by atoms with E-state index >= 15 is 0 Å². The predicted molar refractivity (Wildman–Crippen MR) is 67.2 cm³/mol. The minimum atomic E-state index is 0.912. The van der Waals surface area contributed by atoms with E-state index in [4.69, 9.17) is 0 Å². The van der Waals surface area contributed by atoms with Crippen LogP contribution in [0.4, 0.5) is 0 Å². The molecule has 0 atom stereocenters. The Balaban J connectivity index is 2.27. The van der Waals surface area contributed by atoms with Gasteiger partial charge in [-0.3, -0.25) is 4.98 Å². The first-order valence-electron chi connectivity index (χ1n) is 5.46. The van der Waals surface area contributed by atoms with Crippen LogP contribution in [0.3, 0.4) is 0 Å². The molecule has 0 aliphatic rings. The van der Waals surface area contributed by atoms with Gasteiger partial charge in [0.05, 0.1) is 0 Å². The zero-order valence-corrected chi connectivity index (χ0v) is 9.70. The summed E-state index contributed by atoms with van der Waals surface area (Å²) in [5, 5.41) is 3.14. The zero-order valence-electron chi connectivity index (χ0n) is 9.70. The van der Waals surface area contributed by atoms with Crippen LogP contribution >= 0.6 is 0 Å². The minimum Gasteiger partial charge on any atom is -0.316 e. The molecule has 1 aromatic heterocycles. The average molecular weight is 212 g/mol. The largest absolute Gasteiger partial charge is 0.316 e. The maximum absolute atomic E-state index is 4.20. The second-order valence-electron chi connectivity index (χ2n) is 3.91. The van der Waals surface area contributed by atoms with Crippen LogP contribution in [0.15, 0.2) is 42.6 Å². The van der Waals surface area contributed by atoms with Gasteiger partial charge in [-0.2, -0.15) is 0 Å². The van der Waals surface area contributed by atoms with Crippen molar-refractivity contribution in [1.29, 1.82) is 0 Å². The maximum atomic E-state index is 4.20. The quantitative estimate of drug-likeness (QED) is 0.846. The summed E-state index contributed by atoms with van der Waals surface area (Å²) < 4.78 is 0. The van der Waals surface area contributed by atoms with Gasteiger partial charge in [0.2, 0.25) is 0 Å². The fraction of sp³-hybridized carbons (Fsp3) is 0.214. The van der Waals surface area contributed by atoms with Gasteiger partial charge in [0, 0.05) is 18.4 Å². The average Bonchev–Trinajstić information content (AvgIpc) is 2.30. The standard InChI is InChI=1S/C14H16N2/c1-11-9-14(7-8-16-11)13-5-3-12(4-6-13)10-15-2/h3-9,15H,10H2,1-2H3. The third-order valence-corrected chi connectivity index (χ3v) is 2.56. The molecular weight excluding hydrogens is 196 g/mol. The molecule has 2 heteroatoms. The van der Waals surface area contributed by atoms with Crippen molar-refractivity contribution in [1.82, 2.24) is 10.3 Å². The maximum Gasteiger partial charge on any atom is 0.0378 e. The van der Waals surface area contributed by atoms with Gasteiger partial charge in [0.1, 0.15) is 0 Å². The number of hydrogen-bond donors (Lipinski definition) is 1. The van der Waals surface area contributed by atoms with Crippen LogP contribution < -0.4 is 5.32 Å². The molecule has 2 aromatic rings. The molecule has 0 saturated heterocycles. The van der Waals surface area contributed by atoms with Gasteiger partial charge in [-0.25, -0.2) is 0 Å². The second kappa shape index (κ2) is 4.90. The van der Waals surface area contributed by atoms with Crippen molar-refractivity contribution in [3.05, 3.63) is 53.9 Å². The van der Waals surface area contributed by atoms with E-state index in [0.29, 0.717) is 0 Å². The van der Waals surface area contributed by atoms with Gasteiger partial charge in [-0.1, -0.05) is 24.3 Å². The smallest absolute Gasteiger partial charge is 0.0378 e. The Bertz CT molecular complexity index is 460. The third-order valence-electron chi connectivity index (χ3n) is 2.56. The molecule has 0 bridgehead atoms. The highest BCUT2D eigenvalue weighted by Crippen LogP contribution is 2.19. The first-order chi connectivity index (χ1) is 7.79. The molecule has 0 amide bonds. The van der Waals surface area contributed by atoms with E-state index in [1.807, 2.05) is 26.2 Å². The molecule has 2 nitrogen and oxygen atoms in total. The van der Waals surface area contributed by atoms with E-state index in [-0.39, 0.29) is 0 Å². The monoisotopic (exact) mass is 212 g/mol. The van der Waals surface area contributed by atoms with Crippen molar-refractivity contribution in [3.63, 3.8) is 0 Å². The van der Waals surface area contributed by atoms with Crippen LogP contribution in [0.25, 0.3) is 11.1 Å². The summed E-state index contributed by atoms with van der Waals surface area (Å²) >= 11 is 0. The highest BCUT2D eigenvalue weighted by atomic mass is 14.8. The summed E-state index contributed by atoms with van der Waals surface area (Å²) in [6.07, 6.45) is 1.85. The van der Waals surface area contributed by atoms with Crippen molar-refractivity contribution in [2.45, 2.75) is 13.5 Å². The van der Waals surface area contributed by atoms with Gasteiger partial charge in [0.25, 0.3) is 0 Å². The van der Waals surface area contributed by atoms with Gasteiger partial charge in [-0.05, 0) is 42.8 Å². The summed E-state index contributed by atoms with van der Waals surface area (Å²) in [6.45, 7) is 2.93. The number of rotatable bonds is 3. The molecule has 1 aromatic carbocycles. The predicted octanol–water partition coefficient (Wildman–Crippen LogP) is 2.78. The molecule has 0 aliphatic heterocycles. The van der Waals surface area contributed by atoms with Crippen molar-refractivity contribution >= 4 is 0 Å². The molecule has 1 N–H and O–H groups in total. The number of pyridine rings is 1. The SMILES string of the molecule is CNCc1ccc(-c2ccnc(C)c2)cc1. The van der Waals surface area contributed by atoms with Crippen LogP contribution in [0.2, 0.25) is 0 Å². The Kier molecular flexibility index (Phi) is 3.32. The zero-order chi connectivity index (χ0) is 11.4. The number of aromatic nitrogens is 1. The van der Waals surface area contributed by atoms with Gasteiger partial charge < -0.3 is 5.32 Å². The highest BCUT2D eigenvalue weighted by Gasteiger charge is 1.98. The lowest BCUT2D eigenvalue weighted by Crippen LogP contribution is -2.04. The third kappa shape index (κ3) is 2.47. The lowest BCUT2D eigenvalue weighted by Gasteiger charge is -2.04. The Morgan fingerprint density at radius 3 is 2.44 bits per heavy atom. The summed E-state index contributed by atoms with van der Waals surface area (Å²) in [5.41, 5.74) is 4.82. The molecule has 82 valence electrons. The van der Waals surface area contributed by atoms with Gasteiger partial charge in [-0.15, -0.1) is 0 Å². The van der Waals surface area contributed by atoms with E-state index < -0.39 is 0 Å². The molecular formula is C14H16N2. The van der Waals surface area contributed by atoms with Crippen LogP contribution in [0, 0.1) is 6.92 Å². The van der Waals surface area contributed by atoms with Crippen LogP contribution in [0.5, 0.6) is 0 Å². The van der Waals surface area contributed by atoms with Gasteiger partial charge in [0.15, 0.2) is 0 Å². The van der Waals surface area contributed by atoms with Crippen LogP contribution in [-0.2, 0) is 6.54 Å². The number of benzene rings is 1. The topological polar surface area (TPSA) is 24.9 Å². The molecule has 0 fully saturated rings. The molecule has 1 heterocycles. The van der Waals surface area contributed by atoms with E-state index in [1.165, 1.54) is 16.7 Å². The van der Waals surface area contributed by atoms with E-state index in [9.17, 15) is 0 Å². The van der Waals surface area contributed by atoms with E-state index in [0.717, 1.165) is 12.2 Å². The number of aryl methyl sites for hydroxylation is 1. The van der Waals surface area contributed by atoms with E-state index in [2.05, 4.69) is 40.6 Å². The Morgan fingerprint density at radius 1 is 1.06 bits per heavy atom. The lowest BCUT2D eigenvalue weighted by atomic mass is 10.0. The fourth-order valence-corrected chi connectivity index (χ4v) is 1.74. The molecule has 0 unspecified atom stereocenters. The Hall–Kier alpha value is -1.67. The summed E-state index contributed by atoms with van der Waals surface area (Å²) in [5.74, 6) is 0. The highest BCUT2D eigenvalue weighted by molar-refractivity contribution is 5.63. The number of hydrogen-bond acceptors (Lipinski definition) is 2. The van der Waals surface area contributed by atoms with Gasteiger partial charge >= 0.3 is 0 Å². The molecule has 2 rings (SSSR count). The second-order valence-corrected chi connectivity index (χ2v) is 3.91. The Morgan fingerprint density at radius 2 is 1.81 bits per heavy atom. The van der Waals surface area contributed by atoms with Crippen LogP contribution in [0.1, 0.15) is 11.3 Å².